The highest BCUT2D eigenvalue weighted by Crippen LogP contribution is 2.31. The summed E-state index contributed by atoms with van der Waals surface area (Å²) in [7, 11) is 0. The third kappa shape index (κ3) is 2.58. The van der Waals surface area contributed by atoms with E-state index in [4.69, 9.17) is 0 Å². The van der Waals surface area contributed by atoms with Gasteiger partial charge in [-0.25, -0.2) is 0 Å². The van der Waals surface area contributed by atoms with Gasteiger partial charge in [-0.1, -0.05) is 38.5 Å². The Morgan fingerprint density at radius 1 is 1.12 bits per heavy atom. The van der Waals surface area contributed by atoms with Crippen LogP contribution in [0.5, 0.6) is 0 Å². The van der Waals surface area contributed by atoms with Gasteiger partial charge in [0.1, 0.15) is 0 Å². The monoisotopic (exact) mass is 217 g/mol. The van der Waals surface area contributed by atoms with E-state index in [1.165, 1.54) is 30.5 Å². The van der Waals surface area contributed by atoms with E-state index in [0.29, 0.717) is 6.04 Å². The third-order valence-corrected chi connectivity index (χ3v) is 3.94. The summed E-state index contributed by atoms with van der Waals surface area (Å²) in [5.41, 5.74) is 2.67. The molecule has 1 aromatic carbocycles. The fraction of sp³-hybridized carbons (Fsp3) is 0.600. The molecular formula is C15H23N. The predicted octanol–water partition coefficient (Wildman–Crippen LogP) is 4.23. The zero-order chi connectivity index (χ0) is 11.5. The molecular weight excluding hydrogens is 194 g/mol. The van der Waals surface area contributed by atoms with Gasteiger partial charge >= 0.3 is 0 Å². The molecule has 1 aliphatic carbocycles. The minimum atomic E-state index is 0.657. The average Bonchev–Trinajstić information content (AvgIpc) is 2.27. The summed E-state index contributed by atoms with van der Waals surface area (Å²) in [5, 5.41) is 3.73. The Labute approximate surface area is 99.3 Å². The second-order valence-corrected chi connectivity index (χ2v) is 5.46. The summed E-state index contributed by atoms with van der Waals surface area (Å²) in [6, 6.07) is 9.25. The maximum atomic E-state index is 3.73. The zero-order valence-corrected chi connectivity index (χ0v) is 10.7. The zero-order valence-electron chi connectivity index (χ0n) is 10.7. The molecule has 1 fully saturated rings. The van der Waals surface area contributed by atoms with E-state index >= 15 is 0 Å². The smallest absolute Gasteiger partial charge is 0.0372 e. The van der Waals surface area contributed by atoms with E-state index in [9.17, 15) is 0 Å². The lowest BCUT2D eigenvalue weighted by Crippen LogP contribution is -2.33. The number of anilines is 1. The van der Waals surface area contributed by atoms with Gasteiger partial charge in [0.05, 0.1) is 0 Å². The number of rotatable bonds is 2. The van der Waals surface area contributed by atoms with Crippen molar-refractivity contribution in [1.29, 1.82) is 0 Å². The van der Waals surface area contributed by atoms with Crippen molar-refractivity contribution < 1.29 is 0 Å². The molecule has 1 nitrogen and oxygen atoms in total. The molecule has 1 aromatic rings. The van der Waals surface area contributed by atoms with Gasteiger partial charge in [-0.3, -0.25) is 0 Å². The average molecular weight is 217 g/mol. The van der Waals surface area contributed by atoms with Crippen molar-refractivity contribution >= 4 is 5.69 Å². The first-order valence-corrected chi connectivity index (χ1v) is 6.49. The molecule has 0 aliphatic heterocycles. The molecule has 2 rings (SSSR count). The standard InChI is InChI=1S/C15H23N/c1-11-8-9-13(3)15(10-11)16-14-7-5-4-6-12(14)2/h4-7,11,13,15-16H,8-10H2,1-3H3. The van der Waals surface area contributed by atoms with Crippen molar-refractivity contribution in [3.05, 3.63) is 29.8 Å². The van der Waals surface area contributed by atoms with Gasteiger partial charge < -0.3 is 5.32 Å². The Morgan fingerprint density at radius 3 is 2.62 bits per heavy atom. The van der Waals surface area contributed by atoms with Crippen LogP contribution in [0.15, 0.2) is 24.3 Å². The number of benzene rings is 1. The van der Waals surface area contributed by atoms with E-state index in [-0.39, 0.29) is 0 Å². The molecule has 0 spiro atoms. The molecule has 0 radical (unpaired) electrons. The van der Waals surface area contributed by atoms with E-state index in [1.807, 2.05) is 0 Å². The van der Waals surface area contributed by atoms with Crippen molar-refractivity contribution in [2.75, 3.05) is 5.32 Å². The largest absolute Gasteiger partial charge is 0.382 e. The van der Waals surface area contributed by atoms with Crippen molar-refractivity contribution in [1.82, 2.24) is 0 Å². The van der Waals surface area contributed by atoms with Crippen LogP contribution < -0.4 is 5.32 Å². The number of hydrogen-bond donors (Lipinski definition) is 1. The van der Waals surface area contributed by atoms with Gasteiger partial charge in [-0.2, -0.15) is 0 Å². The first kappa shape index (κ1) is 11.5. The van der Waals surface area contributed by atoms with Crippen LogP contribution in [0.3, 0.4) is 0 Å². The molecule has 0 amide bonds. The lowest BCUT2D eigenvalue weighted by atomic mass is 9.80. The molecule has 1 N–H and O–H groups in total. The molecule has 16 heavy (non-hydrogen) atoms. The quantitative estimate of drug-likeness (QED) is 0.781. The van der Waals surface area contributed by atoms with Crippen LogP contribution >= 0.6 is 0 Å². The van der Waals surface area contributed by atoms with Crippen LogP contribution in [0.25, 0.3) is 0 Å². The minimum Gasteiger partial charge on any atom is -0.382 e. The molecule has 0 bridgehead atoms. The normalized spacial score (nSPS) is 30.1. The fourth-order valence-electron chi connectivity index (χ4n) is 2.67. The highest BCUT2D eigenvalue weighted by atomic mass is 14.9. The summed E-state index contributed by atoms with van der Waals surface area (Å²) >= 11 is 0. The molecule has 1 aliphatic rings. The van der Waals surface area contributed by atoms with Crippen LogP contribution in [0.4, 0.5) is 5.69 Å². The Bertz CT molecular complexity index is 345. The summed E-state index contributed by atoms with van der Waals surface area (Å²) < 4.78 is 0. The second kappa shape index (κ2) is 4.90. The van der Waals surface area contributed by atoms with E-state index in [0.717, 1.165) is 11.8 Å². The second-order valence-electron chi connectivity index (χ2n) is 5.46. The van der Waals surface area contributed by atoms with Gasteiger partial charge in [0.15, 0.2) is 0 Å². The first-order valence-electron chi connectivity index (χ1n) is 6.49. The van der Waals surface area contributed by atoms with Crippen LogP contribution in [0.1, 0.15) is 38.7 Å². The fourth-order valence-corrected chi connectivity index (χ4v) is 2.67. The van der Waals surface area contributed by atoms with Crippen LogP contribution in [-0.4, -0.2) is 6.04 Å². The highest BCUT2D eigenvalue weighted by molar-refractivity contribution is 5.51. The Hall–Kier alpha value is -0.980. The van der Waals surface area contributed by atoms with Crippen molar-refractivity contribution in [3.63, 3.8) is 0 Å². The van der Waals surface area contributed by atoms with E-state index in [2.05, 4.69) is 50.4 Å². The minimum absolute atomic E-state index is 0.657. The molecule has 0 heterocycles. The molecule has 0 saturated heterocycles. The highest BCUT2D eigenvalue weighted by Gasteiger charge is 2.25. The first-order chi connectivity index (χ1) is 7.66. The van der Waals surface area contributed by atoms with Gasteiger partial charge in [0.25, 0.3) is 0 Å². The molecule has 3 atom stereocenters. The lowest BCUT2D eigenvalue weighted by molar-refractivity contribution is 0.280. The van der Waals surface area contributed by atoms with E-state index < -0.39 is 0 Å². The summed E-state index contributed by atoms with van der Waals surface area (Å²) in [6.07, 6.45) is 4.08. The molecule has 1 saturated carbocycles. The number of aryl methyl sites for hydroxylation is 1. The summed E-state index contributed by atoms with van der Waals surface area (Å²) in [6.45, 7) is 6.93. The molecule has 0 aromatic heterocycles. The molecule has 3 unspecified atom stereocenters. The van der Waals surface area contributed by atoms with Crippen molar-refractivity contribution in [3.8, 4) is 0 Å². The van der Waals surface area contributed by atoms with Gasteiger partial charge in [-0.05, 0) is 43.2 Å². The van der Waals surface area contributed by atoms with Gasteiger partial charge in [-0.15, -0.1) is 0 Å². The number of nitrogens with one attached hydrogen (secondary N) is 1. The maximum absolute atomic E-state index is 3.73. The number of hydrogen-bond acceptors (Lipinski definition) is 1. The molecule has 88 valence electrons. The van der Waals surface area contributed by atoms with Crippen molar-refractivity contribution in [2.24, 2.45) is 11.8 Å². The summed E-state index contributed by atoms with van der Waals surface area (Å²) in [4.78, 5) is 0. The van der Waals surface area contributed by atoms with Crippen LogP contribution in [-0.2, 0) is 0 Å². The van der Waals surface area contributed by atoms with E-state index in [1.54, 1.807) is 0 Å². The SMILES string of the molecule is Cc1ccccc1NC1CC(C)CCC1C. The molecule has 1 heteroatoms. The Kier molecular flexibility index (Phi) is 3.52. The Morgan fingerprint density at radius 2 is 1.88 bits per heavy atom. The van der Waals surface area contributed by atoms with Gasteiger partial charge in [0, 0.05) is 11.7 Å². The maximum Gasteiger partial charge on any atom is 0.0372 e. The topological polar surface area (TPSA) is 12.0 Å². The number of para-hydroxylation sites is 1. The Balaban J connectivity index is 2.06. The van der Waals surface area contributed by atoms with Crippen LogP contribution in [0.2, 0.25) is 0 Å². The lowest BCUT2D eigenvalue weighted by Gasteiger charge is -2.34. The van der Waals surface area contributed by atoms with Gasteiger partial charge in [0.2, 0.25) is 0 Å². The summed E-state index contributed by atoms with van der Waals surface area (Å²) in [5.74, 6) is 1.67. The van der Waals surface area contributed by atoms with Crippen LogP contribution in [0, 0.1) is 18.8 Å². The van der Waals surface area contributed by atoms with Crippen molar-refractivity contribution in [2.45, 2.75) is 46.1 Å². The predicted molar refractivity (Wildman–Crippen MR) is 70.8 cm³/mol. The third-order valence-electron chi connectivity index (χ3n) is 3.94.